The number of likely N-dealkylation sites (tertiary alicyclic amines) is 1. The Balaban J connectivity index is 1.73. The van der Waals surface area contributed by atoms with Gasteiger partial charge in [-0.1, -0.05) is 17.7 Å². The number of aryl methyl sites for hydroxylation is 2. The highest BCUT2D eigenvalue weighted by Gasteiger charge is 2.53. The van der Waals surface area contributed by atoms with Gasteiger partial charge in [-0.3, -0.25) is 4.79 Å². The topological polar surface area (TPSA) is 46.3 Å². The SMILES string of the molecule is Cc1csc(-c2ccc(C)cc2C(=O)N2C[C@H]3C[C@H]3[C@H]2CN)c1. The maximum atomic E-state index is 13.2. The molecule has 120 valence electrons. The second-order valence-electron chi connectivity index (χ2n) is 6.96. The van der Waals surface area contributed by atoms with Crippen molar-refractivity contribution in [3.63, 3.8) is 0 Å². The molecule has 4 heteroatoms. The number of thiophene rings is 1. The molecule has 0 unspecified atom stereocenters. The average Bonchev–Trinajstić information content (AvgIpc) is 3.01. The van der Waals surface area contributed by atoms with E-state index >= 15 is 0 Å². The van der Waals surface area contributed by atoms with Crippen LogP contribution in [-0.2, 0) is 0 Å². The van der Waals surface area contributed by atoms with E-state index in [1.165, 1.54) is 16.9 Å². The van der Waals surface area contributed by atoms with Gasteiger partial charge in [0.15, 0.2) is 0 Å². The van der Waals surface area contributed by atoms with Crippen molar-refractivity contribution >= 4 is 17.2 Å². The molecule has 3 atom stereocenters. The molecule has 1 aromatic carbocycles. The van der Waals surface area contributed by atoms with Gasteiger partial charge < -0.3 is 10.6 Å². The first kappa shape index (κ1) is 14.9. The lowest BCUT2D eigenvalue weighted by molar-refractivity contribution is 0.0713. The molecule has 3 nitrogen and oxygen atoms in total. The Morgan fingerprint density at radius 2 is 2.13 bits per heavy atom. The summed E-state index contributed by atoms with van der Waals surface area (Å²) in [5, 5.41) is 2.14. The Bertz CT molecular complexity index is 766. The molecule has 1 aliphatic heterocycles. The fourth-order valence-electron chi connectivity index (χ4n) is 3.88. The van der Waals surface area contributed by atoms with Crippen molar-refractivity contribution in [3.05, 3.63) is 46.3 Å². The van der Waals surface area contributed by atoms with E-state index in [1.54, 1.807) is 11.3 Å². The molecule has 0 spiro atoms. The Hall–Kier alpha value is -1.65. The summed E-state index contributed by atoms with van der Waals surface area (Å²) in [5.74, 6) is 1.48. The number of benzene rings is 1. The van der Waals surface area contributed by atoms with E-state index in [4.69, 9.17) is 5.73 Å². The van der Waals surface area contributed by atoms with Crippen molar-refractivity contribution < 1.29 is 4.79 Å². The molecule has 0 bridgehead atoms. The molecule has 1 saturated heterocycles. The van der Waals surface area contributed by atoms with Crippen LogP contribution in [0.2, 0.25) is 0 Å². The van der Waals surface area contributed by atoms with E-state index in [-0.39, 0.29) is 11.9 Å². The van der Waals surface area contributed by atoms with Crippen LogP contribution in [0.4, 0.5) is 0 Å². The number of piperidine rings is 1. The third-order valence-electron chi connectivity index (χ3n) is 5.21. The molecule has 2 aromatic rings. The van der Waals surface area contributed by atoms with Gasteiger partial charge in [-0.05, 0) is 55.2 Å². The number of fused-ring (bicyclic) bond motifs is 1. The number of hydrogen-bond acceptors (Lipinski definition) is 3. The van der Waals surface area contributed by atoms with Crippen molar-refractivity contribution in [3.8, 4) is 10.4 Å². The Labute approximate surface area is 141 Å². The summed E-state index contributed by atoms with van der Waals surface area (Å²) in [4.78, 5) is 16.4. The van der Waals surface area contributed by atoms with E-state index < -0.39 is 0 Å². The smallest absolute Gasteiger partial charge is 0.254 e. The van der Waals surface area contributed by atoms with Gasteiger partial charge in [0.1, 0.15) is 0 Å². The van der Waals surface area contributed by atoms with Crippen molar-refractivity contribution in [2.45, 2.75) is 26.3 Å². The standard InChI is InChI=1S/C19H22N2OS/c1-11-3-4-14(18-6-12(2)10-23-18)16(5-11)19(22)21-9-13-7-15(13)17(21)8-20/h3-6,10,13,15,17H,7-9,20H2,1-2H3/t13-,15-,17-/m1/s1. The maximum Gasteiger partial charge on any atom is 0.254 e. The molecule has 2 N–H and O–H groups in total. The van der Waals surface area contributed by atoms with Crippen LogP contribution in [0.25, 0.3) is 10.4 Å². The predicted octanol–water partition coefficient (Wildman–Crippen LogP) is 3.45. The summed E-state index contributed by atoms with van der Waals surface area (Å²) in [6.07, 6.45) is 1.25. The first-order valence-corrected chi connectivity index (χ1v) is 9.13. The number of amides is 1. The van der Waals surface area contributed by atoms with Crippen LogP contribution >= 0.6 is 11.3 Å². The van der Waals surface area contributed by atoms with E-state index in [2.05, 4.69) is 30.5 Å². The number of nitrogens with two attached hydrogens (primary N) is 1. The fraction of sp³-hybridized carbons (Fsp3) is 0.421. The summed E-state index contributed by atoms with van der Waals surface area (Å²) in [6.45, 7) is 5.59. The third-order valence-corrected chi connectivity index (χ3v) is 6.29. The van der Waals surface area contributed by atoms with Gasteiger partial charge in [-0.15, -0.1) is 11.3 Å². The number of nitrogens with zero attached hydrogens (tertiary/aromatic N) is 1. The molecule has 1 amide bonds. The fourth-order valence-corrected chi connectivity index (χ4v) is 4.82. The summed E-state index contributed by atoms with van der Waals surface area (Å²) >= 11 is 1.70. The molecule has 4 rings (SSSR count). The summed E-state index contributed by atoms with van der Waals surface area (Å²) < 4.78 is 0. The largest absolute Gasteiger partial charge is 0.334 e. The molecule has 2 aliphatic rings. The van der Waals surface area contributed by atoms with Gasteiger partial charge in [0.2, 0.25) is 0 Å². The van der Waals surface area contributed by atoms with Gasteiger partial charge in [0.25, 0.3) is 5.91 Å². The van der Waals surface area contributed by atoms with Crippen LogP contribution in [0.5, 0.6) is 0 Å². The molecule has 1 aliphatic carbocycles. The predicted molar refractivity (Wildman–Crippen MR) is 94.7 cm³/mol. The van der Waals surface area contributed by atoms with Gasteiger partial charge in [-0.25, -0.2) is 0 Å². The van der Waals surface area contributed by atoms with Crippen LogP contribution in [0.1, 0.15) is 27.9 Å². The van der Waals surface area contributed by atoms with Gasteiger partial charge >= 0.3 is 0 Å². The molecule has 2 fully saturated rings. The molecule has 1 saturated carbocycles. The third kappa shape index (κ3) is 2.50. The Kier molecular flexibility index (Phi) is 3.54. The lowest BCUT2D eigenvalue weighted by Crippen LogP contribution is -2.43. The highest BCUT2D eigenvalue weighted by Crippen LogP contribution is 2.49. The van der Waals surface area contributed by atoms with Gasteiger partial charge in [0, 0.05) is 35.1 Å². The van der Waals surface area contributed by atoms with E-state index in [9.17, 15) is 4.79 Å². The lowest BCUT2D eigenvalue weighted by Gasteiger charge is -2.27. The second kappa shape index (κ2) is 5.46. The van der Waals surface area contributed by atoms with Crippen molar-refractivity contribution in [2.75, 3.05) is 13.1 Å². The van der Waals surface area contributed by atoms with Crippen LogP contribution in [-0.4, -0.2) is 29.9 Å². The van der Waals surface area contributed by atoms with Crippen LogP contribution in [0, 0.1) is 25.7 Å². The molecular formula is C19H22N2OS. The molecule has 0 radical (unpaired) electrons. The van der Waals surface area contributed by atoms with Crippen molar-refractivity contribution in [1.29, 1.82) is 0 Å². The Morgan fingerprint density at radius 3 is 2.83 bits per heavy atom. The number of hydrogen-bond donors (Lipinski definition) is 1. The zero-order chi connectivity index (χ0) is 16.1. The summed E-state index contributed by atoms with van der Waals surface area (Å²) in [5.41, 5.74) is 10.2. The summed E-state index contributed by atoms with van der Waals surface area (Å²) in [6, 6.07) is 8.59. The minimum atomic E-state index is 0.150. The quantitative estimate of drug-likeness (QED) is 0.939. The van der Waals surface area contributed by atoms with E-state index in [0.717, 1.165) is 23.2 Å². The van der Waals surface area contributed by atoms with E-state index in [0.29, 0.717) is 18.4 Å². The normalized spacial score (nSPS) is 25.5. The zero-order valence-electron chi connectivity index (χ0n) is 13.6. The van der Waals surface area contributed by atoms with Crippen molar-refractivity contribution in [2.24, 2.45) is 17.6 Å². The van der Waals surface area contributed by atoms with Gasteiger partial charge in [-0.2, -0.15) is 0 Å². The molecular weight excluding hydrogens is 304 g/mol. The summed E-state index contributed by atoms with van der Waals surface area (Å²) in [7, 11) is 0. The first-order chi connectivity index (χ1) is 11.1. The zero-order valence-corrected chi connectivity index (χ0v) is 14.4. The highest BCUT2D eigenvalue weighted by molar-refractivity contribution is 7.13. The monoisotopic (exact) mass is 326 g/mol. The minimum absolute atomic E-state index is 0.150. The average molecular weight is 326 g/mol. The number of carbonyl (C=O) groups excluding carboxylic acids is 1. The second-order valence-corrected chi connectivity index (χ2v) is 7.87. The van der Waals surface area contributed by atoms with Crippen LogP contribution in [0.3, 0.4) is 0 Å². The minimum Gasteiger partial charge on any atom is -0.334 e. The van der Waals surface area contributed by atoms with Crippen LogP contribution < -0.4 is 5.73 Å². The number of carbonyl (C=O) groups is 1. The highest BCUT2D eigenvalue weighted by atomic mass is 32.1. The van der Waals surface area contributed by atoms with Crippen molar-refractivity contribution in [1.82, 2.24) is 4.90 Å². The maximum absolute atomic E-state index is 13.2. The molecule has 23 heavy (non-hydrogen) atoms. The Morgan fingerprint density at radius 1 is 1.30 bits per heavy atom. The molecule has 2 heterocycles. The lowest BCUT2D eigenvalue weighted by atomic mass is 10.0. The first-order valence-electron chi connectivity index (χ1n) is 8.25. The molecule has 1 aromatic heterocycles. The van der Waals surface area contributed by atoms with Crippen LogP contribution in [0.15, 0.2) is 29.6 Å². The van der Waals surface area contributed by atoms with Gasteiger partial charge in [0.05, 0.1) is 0 Å². The number of rotatable bonds is 3. The van der Waals surface area contributed by atoms with E-state index in [1.807, 2.05) is 17.9 Å².